The molecule has 0 aromatic heterocycles. The summed E-state index contributed by atoms with van der Waals surface area (Å²) in [7, 11) is 0. The van der Waals surface area contributed by atoms with Crippen molar-refractivity contribution in [2.75, 3.05) is 0 Å². The molecule has 0 bridgehead atoms. The van der Waals surface area contributed by atoms with Gasteiger partial charge in [0.25, 0.3) is 0 Å². The van der Waals surface area contributed by atoms with Crippen molar-refractivity contribution in [2.24, 2.45) is 5.92 Å². The maximum atomic E-state index is 3.88. The Morgan fingerprint density at radius 1 is 1.00 bits per heavy atom. The molecular weight excluding hydrogens is 252 g/mol. The number of hydrogen-bond acceptors (Lipinski definition) is 0. The van der Waals surface area contributed by atoms with Gasteiger partial charge in [-0.1, -0.05) is 36.4 Å². The summed E-state index contributed by atoms with van der Waals surface area (Å²) in [5.74, 6) is 1.69. The van der Waals surface area contributed by atoms with E-state index in [-0.39, 0.29) is 0 Å². The molecule has 0 amide bonds. The molecule has 0 saturated heterocycles. The highest BCUT2D eigenvalue weighted by atomic mass is 14.3. The minimum absolute atomic E-state index is 0.792. The smallest absolute Gasteiger partial charge is 0.0162 e. The van der Waals surface area contributed by atoms with Gasteiger partial charge in [-0.25, -0.2) is 0 Å². The zero-order valence-electron chi connectivity index (χ0n) is 13.2. The molecule has 0 radical (unpaired) electrons. The molecule has 1 fully saturated rings. The van der Waals surface area contributed by atoms with Gasteiger partial charge in [0.1, 0.15) is 0 Å². The second-order valence-corrected chi connectivity index (χ2v) is 6.84. The van der Waals surface area contributed by atoms with Crippen LogP contribution in [-0.4, -0.2) is 0 Å². The summed E-state index contributed by atoms with van der Waals surface area (Å²) in [6.07, 6.45) is 16.5. The maximum Gasteiger partial charge on any atom is -0.0162 e. The number of hydrogen-bond donors (Lipinski definition) is 0. The van der Waals surface area contributed by atoms with Crippen molar-refractivity contribution in [2.45, 2.75) is 63.7 Å². The molecule has 3 rings (SSSR count). The van der Waals surface area contributed by atoms with Gasteiger partial charge in [-0.2, -0.15) is 0 Å². The van der Waals surface area contributed by atoms with Gasteiger partial charge in [0, 0.05) is 0 Å². The van der Waals surface area contributed by atoms with E-state index in [1.807, 2.05) is 0 Å². The summed E-state index contributed by atoms with van der Waals surface area (Å²) in [5, 5.41) is 0. The van der Waals surface area contributed by atoms with Crippen molar-refractivity contribution < 1.29 is 0 Å². The van der Waals surface area contributed by atoms with E-state index in [1.54, 1.807) is 11.1 Å². The number of benzene rings is 1. The van der Waals surface area contributed by atoms with Crippen LogP contribution in [-0.2, 0) is 0 Å². The first-order chi connectivity index (χ1) is 10.4. The lowest BCUT2D eigenvalue weighted by Crippen LogP contribution is -2.12. The first-order valence-electron chi connectivity index (χ1n) is 8.77. The van der Waals surface area contributed by atoms with Crippen molar-refractivity contribution in [1.82, 2.24) is 0 Å². The van der Waals surface area contributed by atoms with E-state index in [1.165, 1.54) is 63.4 Å². The van der Waals surface area contributed by atoms with Crippen LogP contribution in [0.2, 0.25) is 0 Å². The fourth-order valence-corrected chi connectivity index (χ4v) is 4.04. The Morgan fingerprint density at radius 3 is 2.38 bits per heavy atom. The molecule has 1 aromatic rings. The lowest BCUT2D eigenvalue weighted by Gasteiger charge is -2.28. The van der Waals surface area contributed by atoms with Gasteiger partial charge in [-0.3, -0.25) is 0 Å². The van der Waals surface area contributed by atoms with Crippen LogP contribution in [0, 0.1) is 5.92 Å². The summed E-state index contributed by atoms with van der Waals surface area (Å²) >= 11 is 0. The third-order valence-corrected chi connectivity index (χ3v) is 5.39. The van der Waals surface area contributed by atoms with Gasteiger partial charge in [-0.15, -0.1) is 6.58 Å². The minimum atomic E-state index is 0.792. The van der Waals surface area contributed by atoms with Gasteiger partial charge >= 0.3 is 0 Å². The predicted octanol–water partition coefficient (Wildman–Crippen LogP) is 6.49. The molecule has 0 aliphatic heterocycles. The highest BCUT2D eigenvalue weighted by Crippen LogP contribution is 2.37. The molecule has 2 aliphatic carbocycles. The van der Waals surface area contributed by atoms with E-state index >= 15 is 0 Å². The average molecular weight is 280 g/mol. The van der Waals surface area contributed by atoms with Crippen LogP contribution < -0.4 is 0 Å². The van der Waals surface area contributed by atoms with Crippen molar-refractivity contribution in [3.8, 4) is 0 Å². The number of rotatable bonds is 4. The fraction of sp³-hybridized carbons (Fsp3) is 0.524. The highest BCUT2D eigenvalue weighted by molar-refractivity contribution is 5.66. The summed E-state index contributed by atoms with van der Waals surface area (Å²) in [6.45, 7) is 3.88. The summed E-state index contributed by atoms with van der Waals surface area (Å²) in [5.41, 5.74) is 4.59. The molecule has 0 atom stereocenters. The van der Waals surface area contributed by atoms with Gasteiger partial charge in [0.15, 0.2) is 0 Å². The molecule has 0 heteroatoms. The molecule has 112 valence electrons. The molecule has 1 saturated carbocycles. The molecule has 0 spiro atoms. The van der Waals surface area contributed by atoms with Crippen molar-refractivity contribution in [3.05, 3.63) is 54.1 Å². The van der Waals surface area contributed by atoms with Crippen LogP contribution in [0.1, 0.15) is 74.8 Å². The molecule has 0 unspecified atom stereocenters. The standard InChI is InChI=1S/C21H28/c1-2-6-17-9-11-19(12-10-17)21-15-13-20(14-16-21)18-7-4-3-5-8-18/h2,7,13-17,19H,1,3-6,8-12H2. The second kappa shape index (κ2) is 7.11. The molecule has 21 heavy (non-hydrogen) atoms. The zero-order valence-corrected chi connectivity index (χ0v) is 13.2. The zero-order chi connectivity index (χ0) is 14.5. The van der Waals surface area contributed by atoms with Crippen LogP contribution in [0.15, 0.2) is 43.0 Å². The Balaban J connectivity index is 1.62. The first kappa shape index (κ1) is 14.6. The SMILES string of the molecule is C=CCC1CCC(c2ccc(C3=CCCCC3)cc2)CC1. The lowest BCUT2D eigenvalue weighted by atomic mass is 9.77. The van der Waals surface area contributed by atoms with Crippen LogP contribution in [0.3, 0.4) is 0 Å². The van der Waals surface area contributed by atoms with Crippen molar-refractivity contribution >= 4 is 5.57 Å². The predicted molar refractivity (Wildman–Crippen MR) is 92.4 cm³/mol. The third-order valence-electron chi connectivity index (χ3n) is 5.39. The molecular formula is C21H28. The van der Waals surface area contributed by atoms with Crippen LogP contribution in [0.25, 0.3) is 5.57 Å². The average Bonchev–Trinajstić information content (AvgIpc) is 2.57. The minimum Gasteiger partial charge on any atom is -0.103 e. The molecule has 2 aliphatic rings. The number of allylic oxidation sites excluding steroid dienone is 3. The van der Waals surface area contributed by atoms with E-state index in [0.29, 0.717) is 0 Å². The van der Waals surface area contributed by atoms with E-state index in [9.17, 15) is 0 Å². The van der Waals surface area contributed by atoms with E-state index < -0.39 is 0 Å². The first-order valence-corrected chi connectivity index (χ1v) is 8.77. The maximum absolute atomic E-state index is 3.88. The largest absolute Gasteiger partial charge is 0.103 e. The van der Waals surface area contributed by atoms with Crippen LogP contribution in [0.4, 0.5) is 0 Å². The van der Waals surface area contributed by atoms with E-state index in [0.717, 1.165) is 11.8 Å². The Hall–Kier alpha value is -1.30. The van der Waals surface area contributed by atoms with E-state index in [2.05, 4.69) is 43.0 Å². The fourth-order valence-electron chi connectivity index (χ4n) is 4.04. The Bertz CT molecular complexity index is 483. The summed E-state index contributed by atoms with van der Waals surface area (Å²) in [4.78, 5) is 0. The van der Waals surface area contributed by atoms with Crippen molar-refractivity contribution in [1.29, 1.82) is 0 Å². The quantitative estimate of drug-likeness (QED) is 0.553. The summed E-state index contributed by atoms with van der Waals surface area (Å²) in [6, 6.07) is 9.51. The van der Waals surface area contributed by atoms with Gasteiger partial charge in [0.05, 0.1) is 0 Å². The normalized spacial score (nSPS) is 26.2. The molecule has 0 N–H and O–H groups in total. The Labute approximate surface area is 130 Å². The summed E-state index contributed by atoms with van der Waals surface area (Å²) < 4.78 is 0. The van der Waals surface area contributed by atoms with Crippen LogP contribution >= 0.6 is 0 Å². The Kier molecular flexibility index (Phi) is 4.95. The van der Waals surface area contributed by atoms with Gasteiger partial charge in [0.2, 0.25) is 0 Å². The van der Waals surface area contributed by atoms with Gasteiger partial charge in [-0.05, 0) is 86.3 Å². The molecule has 0 nitrogen and oxygen atoms in total. The monoisotopic (exact) mass is 280 g/mol. The molecule has 0 heterocycles. The Morgan fingerprint density at radius 2 is 1.76 bits per heavy atom. The van der Waals surface area contributed by atoms with Crippen LogP contribution in [0.5, 0.6) is 0 Å². The molecule has 1 aromatic carbocycles. The topological polar surface area (TPSA) is 0 Å². The second-order valence-electron chi connectivity index (χ2n) is 6.84. The lowest BCUT2D eigenvalue weighted by molar-refractivity contribution is 0.328. The van der Waals surface area contributed by atoms with Gasteiger partial charge < -0.3 is 0 Å². The van der Waals surface area contributed by atoms with E-state index in [4.69, 9.17) is 0 Å². The highest BCUT2D eigenvalue weighted by Gasteiger charge is 2.21. The van der Waals surface area contributed by atoms with Crippen molar-refractivity contribution in [3.63, 3.8) is 0 Å². The third kappa shape index (κ3) is 3.67.